The van der Waals surface area contributed by atoms with Crippen molar-refractivity contribution in [3.05, 3.63) is 65.6 Å². The topological polar surface area (TPSA) is 42.0 Å². The molecule has 0 fully saturated rings. The van der Waals surface area contributed by atoms with E-state index in [9.17, 15) is 9.18 Å². The minimum atomic E-state index is -0.310. The number of fused-ring (bicyclic) bond motifs is 1. The molecule has 1 N–H and O–H groups in total. The van der Waals surface area contributed by atoms with Gasteiger partial charge in [0, 0.05) is 17.0 Å². The van der Waals surface area contributed by atoms with Crippen LogP contribution in [0.5, 0.6) is 0 Å². The molecule has 1 amide bonds. The molecule has 3 rings (SSSR count). The Labute approximate surface area is 146 Å². The molecule has 0 saturated heterocycles. The number of halogens is 1. The van der Waals surface area contributed by atoms with Crippen LogP contribution in [0.3, 0.4) is 0 Å². The van der Waals surface area contributed by atoms with Crippen LogP contribution in [-0.4, -0.2) is 16.9 Å². The number of rotatable bonds is 4. The molecule has 3 aromatic rings. The van der Waals surface area contributed by atoms with Gasteiger partial charge in [0.05, 0.1) is 5.52 Å². The Hall–Kier alpha value is -2.75. The molecule has 25 heavy (non-hydrogen) atoms. The van der Waals surface area contributed by atoms with Gasteiger partial charge in [-0.15, -0.1) is 0 Å². The van der Waals surface area contributed by atoms with Crippen molar-refractivity contribution in [3.63, 3.8) is 0 Å². The van der Waals surface area contributed by atoms with E-state index in [2.05, 4.69) is 10.3 Å². The number of benzene rings is 2. The van der Waals surface area contributed by atoms with Gasteiger partial charge in [-0.25, -0.2) is 9.37 Å². The molecule has 3 nitrogen and oxygen atoms in total. The van der Waals surface area contributed by atoms with Crippen LogP contribution >= 0.6 is 0 Å². The molecule has 2 aromatic carbocycles. The zero-order chi connectivity index (χ0) is 18.0. The Balaban J connectivity index is 2.26. The lowest BCUT2D eigenvalue weighted by atomic mass is 9.94. The number of nitrogens with zero attached hydrogens (tertiary/aromatic N) is 1. The highest BCUT2D eigenvalue weighted by atomic mass is 19.1. The van der Waals surface area contributed by atoms with Crippen LogP contribution in [0.2, 0.25) is 0 Å². The molecule has 0 bridgehead atoms. The van der Waals surface area contributed by atoms with E-state index in [1.165, 1.54) is 6.07 Å². The molecular weight excluding hydrogens is 315 g/mol. The number of hydrogen-bond donors (Lipinski definition) is 1. The third-order valence-corrected chi connectivity index (χ3v) is 4.48. The molecule has 0 spiro atoms. The van der Waals surface area contributed by atoms with Gasteiger partial charge in [-0.05, 0) is 43.5 Å². The van der Waals surface area contributed by atoms with Gasteiger partial charge in [-0.3, -0.25) is 4.79 Å². The van der Waals surface area contributed by atoms with Crippen molar-refractivity contribution < 1.29 is 9.18 Å². The molecule has 4 heteroatoms. The lowest BCUT2D eigenvalue weighted by molar-refractivity contribution is 0.0934. The van der Waals surface area contributed by atoms with E-state index in [-0.39, 0.29) is 17.8 Å². The standard InChI is InChI=1S/C21H21FN2O/c1-4-13(2)23-21(25)20-14(3)19(15-9-5-7-11-17(15)22)16-10-6-8-12-18(16)24-20/h5-13H,4H2,1-3H3,(H,23,25)/t13-/m1/s1. The van der Waals surface area contributed by atoms with Gasteiger partial charge in [0.15, 0.2) is 0 Å². The first-order valence-electron chi connectivity index (χ1n) is 8.48. The number of nitrogens with one attached hydrogen (secondary N) is 1. The highest BCUT2D eigenvalue weighted by Crippen LogP contribution is 2.34. The number of pyridine rings is 1. The Kier molecular flexibility index (Phi) is 4.79. The van der Waals surface area contributed by atoms with Crippen molar-refractivity contribution in [1.82, 2.24) is 10.3 Å². The average Bonchev–Trinajstić information content (AvgIpc) is 2.62. The van der Waals surface area contributed by atoms with Gasteiger partial charge in [-0.2, -0.15) is 0 Å². The fourth-order valence-corrected chi connectivity index (χ4v) is 2.93. The van der Waals surface area contributed by atoms with Crippen LogP contribution in [0.1, 0.15) is 36.3 Å². The van der Waals surface area contributed by atoms with Crippen LogP contribution in [0, 0.1) is 12.7 Å². The fraction of sp³-hybridized carbons (Fsp3) is 0.238. The number of amides is 1. The van der Waals surface area contributed by atoms with Crippen LogP contribution < -0.4 is 5.32 Å². The predicted octanol–water partition coefficient (Wildman–Crippen LogP) is 4.88. The maximum Gasteiger partial charge on any atom is 0.270 e. The van der Waals surface area contributed by atoms with Crippen LogP contribution in [0.4, 0.5) is 4.39 Å². The van der Waals surface area contributed by atoms with Gasteiger partial charge in [0.2, 0.25) is 0 Å². The lowest BCUT2D eigenvalue weighted by Crippen LogP contribution is -2.33. The first-order valence-corrected chi connectivity index (χ1v) is 8.48. The van der Waals surface area contributed by atoms with Crippen molar-refractivity contribution in [2.24, 2.45) is 0 Å². The first kappa shape index (κ1) is 17.1. The minimum Gasteiger partial charge on any atom is -0.348 e. The summed E-state index contributed by atoms with van der Waals surface area (Å²) in [6.45, 7) is 5.79. The van der Waals surface area contributed by atoms with Gasteiger partial charge in [-0.1, -0.05) is 43.3 Å². The molecule has 128 valence electrons. The number of aromatic nitrogens is 1. The second-order valence-electron chi connectivity index (χ2n) is 6.24. The smallest absolute Gasteiger partial charge is 0.270 e. The summed E-state index contributed by atoms with van der Waals surface area (Å²) in [6, 6.07) is 14.2. The molecule has 1 aromatic heterocycles. The number of hydrogen-bond acceptors (Lipinski definition) is 2. The van der Waals surface area contributed by atoms with Gasteiger partial charge >= 0.3 is 0 Å². The normalized spacial score (nSPS) is 12.2. The second-order valence-corrected chi connectivity index (χ2v) is 6.24. The molecular formula is C21H21FN2O. The van der Waals surface area contributed by atoms with Gasteiger partial charge in [0.25, 0.3) is 5.91 Å². The van der Waals surface area contributed by atoms with E-state index < -0.39 is 0 Å². The SMILES string of the molecule is CC[C@@H](C)NC(=O)c1nc2ccccc2c(-c2ccccc2F)c1C. The summed E-state index contributed by atoms with van der Waals surface area (Å²) in [5, 5.41) is 3.79. The highest BCUT2D eigenvalue weighted by Gasteiger charge is 2.20. The largest absolute Gasteiger partial charge is 0.348 e. The summed E-state index contributed by atoms with van der Waals surface area (Å²) in [5.41, 5.74) is 2.91. The molecule has 0 unspecified atom stereocenters. The molecule has 1 heterocycles. The summed E-state index contributed by atoms with van der Waals surface area (Å²) < 4.78 is 14.5. The molecule has 0 radical (unpaired) electrons. The van der Waals surface area contributed by atoms with Crippen molar-refractivity contribution in [1.29, 1.82) is 0 Å². The molecule has 0 saturated carbocycles. The molecule has 0 aliphatic rings. The third kappa shape index (κ3) is 3.25. The monoisotopic (exact) mass is 336 g/mol. The maximum absolute atomic E-state index is 14.5. The van der Waals surface area contributed by atoms with E-state index in [1.54, 1.807) is 18.2 Å². The summed E-state index contributed by atoms with van der Waals surface area (Å²) in [7, 11) is 0. The number of para-hydroxylation sites is 1. The maximum atomic E-state index is 14.5. The van der Waals surface area contributed by atoms with Gasteiger partial charge in [0.1, 0.15) is 11.5 Å². The number of carbonyl (C=O) groups is 1. The Bertz CT molecular complexity index is 936. The summed E-state index contributed by atoms with van der Waals surface area (Å²) in [6.07, 6.45) is 0.832. The number of carbonyl (C=O) groups excluding carboxylic acids is 1. The first-order chi connectivity index (χ1) is 12.0. The fourth-order valence-electron chi connectivity index (χ4n) is 2.93. The van der Waals surface area contributed by atoms with E-state index in [0.29, 0.717) is 22.3 Å². The Morgan fingerprint density at radius 1 is 1.16 bits per heavy atom. The third-order valence-electron chi connectivity index (χ3n) is 4.48. The van der Waals surface area contributed by atoms with Crippen LogP contribution in [0.15, 0.2) is 48.5 Å². The molecule has 0 aliphatic carbocycles. The summed E-state index contributed by atoms with van der Waals surface area (Å²) in [5.74, 6) is -0.537. The molecule has 0 aliphatic heterocycles. The molecule has 1 atom stereocenters. The Morgan fingerprint density at radius 2 is 1.84 bits per heavy atom. The zero-order valence-electron chi connectivity index (χ0n) is 14.6. The van der Waals surface area contributed by atoms with Crippen molar-refractivity contribution in [2.75, 3.05) is 0 Å². The summed E-state index contributed by atoms with van der Waals surface area (Å²) in [4.78, 5) is 17.2. The van der Waals surface area contributed by atoms with Crippen LogP contribution in [0.25, 0.3) is 22.0 Å². The van der Waals surface area contributed by atoms with Crippen LogP contribution in [-0.2, 0) is 0 Å². The highest BCUT2D eigenvalue weighted by molar-refractivity contribution is 6.03. The summed E-state index contributed by atoms with van der Waals surface area (Å²) >= 11 is 0. The van der Waals surface area contributed by atoms with Crippen molar-refractivity contribution in [2.45, 2.75) is 33.2 Å². The zero-order valence-corrected chi connectivity index (χ0v) is 14.6. The van der Waals surface area contributed by atoms with Crippen molar-refractivity contribution >= 4 is 16.8 Å². The average molecular weight is 336 g/mol. The van der Waals surface area contributed by atoms with E-state index in [0.717, 1.165) is 17.4 Å². The lowest BCUT2D eigenvalue weighted by Gasteiger charge is -2.17. The Morgan fingerprint density at radius 3 is 2.56 bits per heavy atom. The minimum absolute atomic E-state index is 0.0529. The van der Waals surface area contributed by atoms with E-state index >= 15 is 0 Å². The quantitative estimate of drug-likeness (QED) is 0.738. The van der Waals surface area contributed by atoms with E-state index in [4.69, 9.17) is 0 Å². The van der Waals surface area contributed by atoms with E-state index in [1.807, 2.05) is 45.0 Å². The van der Waals surface area contributed by atoms with Crippen molar-refractivity contribution in [3.8, 4) is 11.1 Å². The van der Waals surface area contributed by atoms with Gasteiger partial charge < -0.3 is 5.32 Å². The second kappa shape index (κ2) is 7.01. The predicted molar refractivity (Wildman–Crippen MR) is 99.1 cm³/mol.